The molecule has 0 aliphatic carbocycles. The molecule has 1 unspecified atom stereocenters. The van der Waals surface area contributed by atoms with Gasteiger partial charge in [-0.15, -0.1) is 24.0 Å². The van der Waals surface area contributed by atoms with Gasteiger partial charge >= 0.3 is 0 Å². The maximum atomic E-state index is 4.37. The van der Waals surface area contributed by atoms with Gasteiger partial charge in [0.1, 0.15) is 12.2 Å². The SMILES string of the molecule is CN=C(NCc1cccc2ccccc12)NC1CCc2ncnn2C1.I. The Hall–Kier alpha value is -2.16. The van der Waals surface area contributed by atoms with Gasteiger partial charge in [-0.2, -0.15) is 5.10 Å². The van der Waals surface area contributed by atoms with E-state index in [-0.39, 0.29) is 24.0 Å². The maximum absolute atomic E-state index is 4.37. The summed E-state index contributed by atoms with van der Waals surface area (Å²) in [6.45, 7) is 1.56. The van der Waals surface area contributed by atoms with Crippen molar-refractivity contribution in [1.82, 2.24) is 25.4 Å². The standard InChI is InChI=1S/C19H22N6.HI/c1-20-19(24-16-9-10-18-22-13-23-25(18)12-16)21-11-15-7-4-6-14-5-2-3-8-17(14)15;/h2-8,13,16H,9-12H2,1H3,(H2,20,21,24);1H. The lowest BCUT2D eigenvalue weighted by Crippen LogP contribution is -2.46. The van der Waals surface area contributed by atoms with Crippen LogP contribution >= 0.6 is 24.0 Å². The van der Waals surface area contributed by atoms with Crippen molar-refractivity contribution >= 4 is 40.7 Å². The summed E-state index contributed by atoms with van der Waals surface area (Å²) in [5.41, 5.74) is 1.27. The lowest BCUT2D eigenvalue weighted by molar-refractivity contribution is 0.392. The molecule has 7 heteroatoms. The number of hydrogen-bond donors (Lipinski definition) is 2. The summed E-state index contributed by atoms with van der Waals surface area (Å²) in [7, 11) is 1.81. The van der Waals surface area contributed by atoms with Gasteiger partial charge in [0.15, 0.2) is 5.96 Å². The molecule has 0 saturated carbocycles. The fourth-order valence-corrected chi connectivity index (χ4v) is 3.37. The number of aromatic nitrogens is 3. The molecule has 0 radical (unpaired) electrons. The molecule has 0 fully saturated rings. The minimum Gasteiger partial charge on any atom is -0.352 e. The second-order valence-corrected chi connectivity index (χ2v) is 6.30. The highest BCUT2D eigenvalue weighted by Crippen LogP contribution is 2.18. The molecule has 3 aromatic rings. The molecular weight excluding hydrogens is 439 g/mol. The van der Waals surface area contributed by atoms with E-state index in [9.17, 15) is 0 Å². The van der Waals surface area contributed by atoms with Gasteiger partial charge in [0, 0.05) is 26.1 Å². The number of halogens is 1. The normalized spacial score (nSPS) is 16.7. The average molecular weight is 462 g/mol. The van der Waals surface area contributed by atoms with Crippen molar-refractivity contribution in [1.29, 1.82) is 0 Å². The molecule has 1 aromatic heterocycles. The zero-order valence-corrected chi connectivity index (χ0v) is 17.1. The van der Waals surface area contributed by atoms with Crippen LogP contribution in [-0.4, -0.2) is 33.8 Å². The first-order valence-electron chi connectivity index (χ1n) is 8.64. The number of aryl methyl sites for hydroxylation is 1. The highest BCUT2D eigenvalue weighted by molar-refractivity contribution is 14.0. The number of nitrogens with zero attached hydrogens (tertiary/aromatic N) is 4. The van der Waals surface area contributed by atoms with Crippen molar-refractivity contribution in [2.24, 2.45) is 4.99 Å². The first-order chi connectivity index (χ1) is 12.3. The van der Waals surface area contributed by atoms with Crippen LogP contribution in [0.1, 0.15) is 17.8 Å². The maximum Gasteiger partial charge on any atom is 0.191 e. The Labute approximate surface area is 170 Å². The number of hydrogen-bond acceptors (Lipinski definition) is 3. The van der Waals surface area contributed by atoms with E-state index in [1.807, 2.05) is 11.7 Å². The van der Waals surface area contributed by atoms with Crippen molar-refractivity contribution < 1.29 is 0 Å². The fourth-order valence-electron chi connectivity index (χ4n) is 3.37. The molecule has 2 aromatic carbocycles. The Morgan fingerprint density at radius 1 is 1.23 bits per heavy atom. The summed E-state index contributed by atoms with van der Waals surface area (Å²) in [4.78, 5) is 8.64. The first-order valence-corrected chi connectivity index (χ1v) is 8.64. The van der Waals surface area contributed by atoms with Crippen LogP contribution in [0.5, 0.6) is 0 Å². The van der Waals surface area contributed by atoms with E-state index in [1.165, 1.54) is 16.3 Å². The number of nitrogens with one attached hydrogen (secondary N) is 2. The molecule has 136 valence electrons. The quantitative estimate of drug-likeness (QED) is 0.357. The van der Waals surface area contributed by atoms with Crippen LogP contribution in [0, 0.1) is 0 Å². The van der Waals surface area contributed by atoms with Crippen LogP contribution in [0.15, 0.2) is 53.8 Å². The number of aliphatic imine (C=N–C) groups is 1. The predicted octanol–water partition coefficient (Wildman–Crippen LogP) is 2.73. The smallest absolute Gasteiger partial charge is 0.191 e. The van der Waals surface area contributed by atoms with Gasteiger partial charge in [-0.25, -0.2) is 9.67 Å². The summed E-state index contributed by atoms with van der Waals surface area (Å²) in [5, 5.41) is 13.8. The van der Waals surface area contributed by atoms with Crippen LogP contribution in [0.3, 0.4) is 0 Å². The van der Waals surface area contributed by atoms with E-state index in [1.54, 1.807) is 6.33 Å². The van der Waals surface area contributed by atoms with Crippen LogP contribution < -0.4 is 10.6 Å². The molecule has 6 nitrogen and oxygen atoms in total. The Balaban J connectivity index is 0.00000196. The van der Waals surface area contributed by atoms with Crippen molar-refractivity contribution in [2.45, 2.75) is 32.0 Å². The molecule has 4 rings (SSSR count). The van der Waals surface area contributed by atoms with Crippen molar-refractivity contribution in [3.05, 3.63) is 60.2 Å². The molecule has 0 bridgehead atoms. The Morgan fingerprint density at radius 2 is 2.08 bits per heavy atom. The minimum absolute atomic E-state index is 0. The highest BCUT2D eigenvalue weighted by Gasteiger charge is 2.20. The monoisotopic (exact) mass is 462 g/mol. The lowest BCUT2D eigenvalue weighted by atomic mass is 10.0. The largest absolute Gasteiger partial charge is 0.352 e. The van der Waals surface area contributed by atoms with Gasteiger partial charge in [0.25, 0.3) is 0 Å². The van der Waals surface area contributed by atoms with Gasteiger partial charge < -0.3 is 10.6 Å². The van der Waals surface area contributed by atoms with E-state index >= 15 is 0 Å². The molecule has 2 N–H and O–H groups in total. The third-order valence-electron chi connectivity index (χ3n) is 4.70. The zero-order valence-electron chi connectivity index (χ0n) is 14.7. The average Bonchev–Trinajstić information content (AvgIpc) is 3.13. The second-order valence-electron chi connectivity index (χ2n) is 6.30. The van der Waals surface area contributed by atoms with E-state index in [0.717, 1.165) is 37.7 Å². The number of fused-ring (bicyclic) bond motifs is 2. The van der Waals surface area contributed by atoms with Gasteiger partial charge in [-0.1, -0.05) is 42.5 Å². The van der Waals surface area contributed by atoms with Crippen LogP contribution in [0.2, 0.25) is 0 Å². The third-order valence-corrected chi connectivity index (χ3v) is 4.70. The van der Waals surface area contributed by atoms with Crippen LogP contribution in [0.25, 0.3) is 10.8 Å². The molecule has 0 saturated heterocycles. The minimum atomic E-state index is 0. The molecule has 0 amide bonds. The van der Waals surface area contributed by atoms with Crippen LogP contribution in [0.4, 0.5) is 0 Å². The summed E-state index contributed by atoms with van der Waals surface area (Å²) < 4.78 is 1.97. The van der Waals surface area contributed by atoms with E-state index in [0.29, 0.717) is 6.04 Å². The van der Waals surface area contributed by atoms with Gasteiger partial charge in [0.05, 0.1) is 6.54 Å². The molecule has 2 heterocycles. The Morgan fingerprint density at radius 3 is 2.96 bits per heavy atom. The predicted molar refractivity (Wildman–Crippen MR) is 115 cm³/mol. The Bertz CT molecular complexity index is 898. The molecular formula is C19H23IN6. The van der Waals surface area contributed by atoms with Gasteiger partial charge in [-0.05, 0) is 22.8 Å². The molecule has 1 aliphatic rings. The van der Waals surface area contributed by atoms with E-state index in [4.69, 9.17) is 0 Å². The highest BCUT2D eigenvalue weighted by atomic mass is 127. The number of benzene rings is 2. The second kappa shape index (κ2) is 8.48. The molecule has 1 atom stereocenters. The van der Waals surface area contributed by atoms with E-state index < -0.39 is 0 Å². The molecule has 0 spiro atoms. The topological polar surface area (TPSA) is 67.1 Å². The van der Waals surface area contributed by atoms with Crippen molar-refractivity contribution in [2.75, 3.05) is 7.05 Å². The lowest BCUT2D eigenvalue weighted by Gasteiger charge is -2.25. The fraction of sp³-hybridized carbons (Fsp3) is 0.316. The van der Waals surface area contributed by atoms with Gasteiger partial charge in [0.2, 0.25) is 0 Å². The summed E-state index contributed by atoms with van der Waals surface area (Å²) >= 11 is 0. The van der Waals surface area contributed by atoms with Crippen molar-refractivity contribution in [3.8, 4) is 0 Å². The summed E-state index contributed by atoms with van der Waals surface area (Å²) in [5.74, 6) is 1.89. The third kappa shape index (κ3) is 3.98. The number of guanidine groups is 1. The first kappa shape index (κ1) is 18.6. The van der Waals surface area contributed by atoms with Crippen molar-refractivity contribution in [3.63, 3.8) is 0 Å². The summed E-state index contributed by atoms with van der Waals surface area (Å²) in [6, 6.07) is 15.2. The zero-order chi connectivity index (χ0) is 17.1. The molecule has 1 aliphatic heterocycles. The van der Waals surface area contributed by atoms with Crippen LogP contribution in [-0.2, 0) is 19.5 Å². The Kier molecular flexibility index (Phi) is 6.08. The summed E-state index contributed by atoms with van der Waals surface area (Å²) in [6.07, 6.45) is 3.61. The van der Waals surface area contributed by atoms with Gasteiger partial charge in [-0.3, -0.25) is 4.99 Å². The molecule has 26 heavy (non-hydrogen) atoms. The van der Waals surface area contributed by atoms with E-state index in [2.05, 4.69) is 68.2 Å². The number of rotatable bonds is 3.